The molecule has 4 heteroatoms. The van der Waals surface area contributed by atoms with Crippen molar-refractivity contribution in [3.8, 4) is 0 Å². The highest BCUT2D eigenvalue weighted by Gasteiger charge is 2.31. The van der Waals surface area contributed by atoms with E-state index in [4.69, 9.17) is 0 Å². The number of amides is 1. The Morgan fingerprint density at radius 1 is 1.17 bits per heavy atom. The van der Waals surface area contributed by atoms with Gasteiger partial charge in [0, 0.05) is 17.9 Å². The molecule has 1 amide bonds. The van der Waals surface area contributed by atoms with Crippen LogP contribution in [0, 0.1) is 5.82 Å². The van der Waals surface area contributed by atoms with Crippen LogP contribution in [-0.4, -0.2) is 23.1 Å². The Morgan fingerprint density at radius 3 is 2.50 bits per heavy atom. The third kappa shape index (κ3) is 3.48. The summed E-state index contributed by atoms with van der Waals surface area (Å²) in [6, 6.07) is 14.4. The summed E-state index contributed by atoms with van der Waals surface area (Å²) in [5.41, 5.74) is 2.80. The molecule has 0 spiro atoms. The minimum Gasteiger partial charge on any atom is -0.322 e. The highest BCUT2D eigenvalue weighted by Crippen LogP contribution is 2.39. The standard InChI is InChI=1S/C20H22FNOS/c1-20(2,3)16-9-7-14(8-10-16)18(23)22-11-12-24-19(22)15-5-4-6-17(21)13-15/h4-10,13,19H,11-12H2,1-3H3. The van der Waals surface area contributed by atoms with Crippen LogP contribution in [0.15, 0.2) is 48.5 Å². The average molecular weight is 343 g/mol. The van der Waals surface area contributed by atoms with Gasteiger partial charge in [0.2, 0.25) is 0 Å². The number of nitrogens with zero attached hydrogens (tertiary/aromatic N) is 1. The van der Waals surface area contributed by atoms with Crippen LogP contribution < -0.4 is 0 Å². The van der Waals surface area contributed by atoms with Gasteiger partial charge in [0.15, 0.2) is 0 Å². The molecule has 0 saturated carbocycles. The van der Waals surface area contributed by atoms with Crippen molar-refractivity contribution in [1.29, 1.82) is 0 Å². The molecule has 1 heterocycles. The van der Waals surface area contributed by atoms with Gasteiger partial charge in [-0.15, -0.1) is 11.8 Å². The van der Waals surface area contributed by atoms with Crippen molar-refractivity contribution < 1.29 is 9.18 Å². The zero-order chi connectivity index (χ0) is 17.3. The summed E-state index contributed by atoms with van der Waals surface area (Å²) in [6.07, 6.45) is 0. The number of halogens is 1. The molecule has 2 nitrogen and oxygen atoms in total. The second-order valence-corrected chi connectivity index (χ2v) is 8.29. The van der Waals surface area contributed by atoms with Crippen LogP contribution in [0.25, 0.3) is 0 Å². The van der Waals surface area contributed by atoms with Gasteiger partial charge in [0.05, 0.1) is 0 Å². The topological polar surface area (TPSA) is 20.3 Å². The summed E-state index contributed by atoms with van der Waals surface area (Å²) in [4.78, 5) is 14.7. The smallest absolute Gasteiger partial charge is 0.255 e. The lowest BCUT2D eigenvalue weighted by Gasteiger charge is -2.25. The SMILES string of the molecule is CC(C)(C)c1ccc(C(=O)N2CCSC2c2cccc(F)c2)cc1. The molecule has 1 fully saturated rings. The molecule has 0 N–H and O–H groups in total. The maximum Gasteiger partial charge on any atom is 0.255 e. The van der Waals surface area contributed by atoms with Crippen LogP contribution in [0.4, 0.5) is 4.39 Å². The number of thioether (sulfide) groups is 1. The Bertz CT molecular complexity index is 736. The van der Waals surface area contributed by atoms with E-state index in [1.54, 1.807) is 17.8 Å². The summed E-state index contributed by atoms with van der Waals surface area (Å²) in [6.45, 7) is 7.15. The fraction of sp³-hybridized carbons (Fsp3) is 0.350. The van der Waals surface area contributed by atoms with Crippen molar-refractivity contribution in [3.63, 3.8) is 0 Å². The van der Waals surface area contributed by atoms with Crippen LogP contribution in [-0.2, 0) is 5.41 Å². The fourth-order valence-corrected chi connectivity index (χ4v) is 4.14. The maximum atomic E-state index is 13.5. The van der Waals surface area contributed by atoms with Gasteiger partial charge in [-0.1, -0.05) is 45.0 Å². The molecule has 1 aliphatic rings. The Balaban J connectivity index is 1.83. The molecule has 0 aromatic heterocycles. The Hall–Kier alpha value is -1.81. The Kier molecular flexibility index (Phi) is 4.68. The molecule has 0 aliphatic carbocycles. The van der Waals surface area contributed by atoms with Crippen LogP contribution in [0.2, 0.25) is 0 Å². The van der Waals surface area contributed by atoms with Crippen molar-refractivity contribution in [2.75, 3.05) is 12.3 Å². The zero-order valence-electron chi connectivity index (χ0n) is 14.3. The first-order valence-electron chi connectivity index (χ1n) is 8.15. The van der Waals surface area contributed by atoms with E-state index in [9.17, 15) is 9.18 Å². The van der Waals surface area contributed by atoms with Gasteiger partial charge in [0.1, 0.15) is 11.2 Å². The molecule has 126 valence electrons. The molecule has 3 rings (SSSR count). The lowest BCUT2D eigenvalue weighted by Crippen LogP contribution is -2.30. The monoisotopic (exact) mass is 343 g/mol. The van der Waals surface area contributed by atoms with E-state index in [1.165, 1.54) is 17.7 Å². The number of hydrogen-bond donors (Lipinski definition) is 0. The number of carbonyl (C=O) groups is 1. The summed E-state index contributed by atoms with van der Waals surface area (Å²) >= 11 is 1.68. The molecule has 2 aromatic carbocycles. The van der Waals surface area contributed by atoms with Crippen LogP contribution in [0.5, 0.6) is 0 Å². The van der Waals surface area contributed by atoms with Gasteiger partial charge < -0.3 is 4.90 Å². The summed E-state index contributed by atoms with van der Waals surface area (Å²) in [5, 5.41) is -0.115. The highest BCUT2D eigenvalue weighted by atomic mass is 32.2. The average Bonchev–Trinajstić information content (AvgIpc) is 3.03. The van der Waals surface area contributed by atoms with E-state index >= 15 is 0 Å². The van der Waals surface area contributed by atoms with Gasteiger partial charge in [0.25, 0.3) is 5.91 Å². The summed E-state index contributed by atoms with van der Waals surface area (Å²) in [7, 11) is 0. The van der Waals surface area contributed by atoms with E-state index in [-0.39, 0.29) is 22.5 Å². The number of benzene rings is 2. The first kappa shape index (κ1) is 17.0. The number of rotatable bonds is 2. The van der Waals surface area contributed by atoms with Crippen LogP contribution in [0.1, 0.15) is 47.6 Å². The molecule has 1 saturated heterocycles. The minimum absolute atomic E-state index is 0.00900. The molecule has 0 radical (unpaired) electrons. The highest BCUT2D eigenvalue weighted by molar-refractivity contribution is 7.99. The molecule has 0 bridgehead atoms. The molecule has 24 heavy (non-hydrogen) atoms. The summed E-state index contributed by atoms with van der Waals surface area (Å²) < 4.78 is 13.5. The van der Waals surface area contributed by atoms with Gasteiger partial charge >= 0.3 is 0 Å². The van der Waals surface area contributed by atoms with E-state index < -0.39 is 0 Å². The molecule has 2 aromatic rings. The molecule has 1 unspecified atom stereocenters. The van der Waals surface area contributed by atoms with Crippen LogP contribution in [0.3, 0.4) is 0 Å². The second kappa shape index (κ2) is 6.60. The van der Waals surface area contributed by atoms with E-state index in [1.807, 2.05) is 35.2 Å². The number of carbonyl (C=O) groups excluding carboxylic acids is 1. The molecular formula is C20H22FNOS. The maximum absolute atomic E-state index is 13.5. The van der Waals surface area contributed by atoms with Crippen molar-refractivity contribution in [2.45, 2.75) is 31.6 Å². The predicted molar refractivity (Wildman–Crippen MR) is 97.8 cm³/mol. The second-order valence-electron chi connectivity index (χ2n) is 7.10. The molecule has 1 aliphatic heterocycles. The van der Waals surface area contributed by atoms with Crippen molar-refractivity contribution >= 4 is 17.7 Å². The first-order valence-corrected chi connectivity index (χ1v) is 9.20. The fourth-order valence-electron chi connectivity index (χ4n) is 2.89. The van der Waals surface area contributed by atoms with Gasteiger partial charge in [-0.2, -0.15) is 0 Å². The van der Waals surface area contributed by atoms with Crippen molar-refractivity contribution in [3.05, 3.63) is 71.0 Å². The summed E-state index contributed by atoms with van der Waals surface area (Å²) in [5.74, 6) is 0.615. The van der Waals surface area contributed by atoms with E-state index in [2.05, 4.69) is 20.8 Å². The zero-order valence-corrected chi connectivity index (χ0v) is 15.1. The third-order valence-electron chi connectivity index (χ3n) is 4.28. The van der Waals surface area contributed by atoms with Gasteiger partial charge in [-0.3, -0.25) is 4.79 Å². The molecule has 1 atom stereocenters. The lowest BCUT2D eigenvalue weighted by atomic mass is 9.86. The first-order chi connectivity index (χ1) is 11.4. The quantitative estimate of drug-likeness (QED) is 0.764. The van der Waals surface area contributed by atoms with Crippen molar-refractivity contribution in [2.24, 2.45) is 0 Å². The third-order valence-corrected chi connectivity index (χ3v) is 5.54. The largest absolute Gasteiger partial charge is 0.322 e. The Labute approximate surface area is 147 Å². The van der Waals surface area contributed by atoms with E-state index in [0.717, 1.165) is 11.3 Å². The lowest BCUT2D eigenvalue weighted by molar-refractivity contribution is 0.0760. The predicted octanol–water partition coefficient (Wildman–Crippen LogP) is 5.01. The Morgan fingerprint density at radius 2 is 1.88 bits per heavy atom. The van der Waals surface area contributed by atoms with Crippen molar-refractivity contribution in [1.82, 2.24) is 4.90 Å². The van der Waals surface area contributed by atoms with Gasteiger partial charge in [-0.05, 0) is 40.8 Å². The molecular weight excluding hydrogens is 321 g/mol. The van der Waals surface area contributed by atoms with E-state index in [0.29, 0.717) is 12.1 Å². The van der Waals surface area contributed by atoms with Gasteiger partial charge in [-0.25, -0.2) is 4.39 Å². The minimum atomic E-state index is -0.262. The van der Waals surface area contributed by atoms with Crippen LogP contribution >= 0.6 is 11.8 Å². The normalized spacial score (nSPS) is 18.0. The number of hydrogen-bond acceptors (Lipinski definition) is 2.